The summed E-state index contributed by atoms with van der Waals surface area (Å²) in [7, 11) is 0. The van der Waals surface area contributed by atoms with E-state index in [0.717, 1.165) is 35.7 Å². The van der Waals surface area contributed by atoms with Gasteiger partial charge in [0, 0.05) is 15.9 Å². The van der Waals surface area contributed by atoms with Gasteiger partial charge in [-0.1, -0.05) is 5.21 Å². The zero-order chi connectivity index (χ0) is 12.4. The van der Waals surface area contributed by atoms with Crippen molar-refractivity contribution in [3.8, 4) is 0 Å². The Balaban J connectivity index is 1.53. The number of nitrogens with one attached hydrogen (secondary N) is 1. The number of hydrogen-bond donors (Lipinski definition) is 1. The summed E-state index contributed by atoms with van der Waals surface area (Å²) in [6, 6.07) is 2.06. The largest absolute Gasteiger partial charge is 0.311 e. The zero-order valence-electron chi connectivity index (χ0n) is 9.97. The Kier molecular flexibility index (Phi) is 3.77. The minimum atomic E-state index is 0.786. The van der Waals surface area contributed by atoms with Crippen LogP contribution in [0.1, 0.15) is 23.4 Å². The zero-order valence-corrected chi connectivity index (χ0v) is 12.4. The number of halogens is 1. The topological polar surface area (TPSA) is 42.7 Å². The third-order valence-electron chi connectivity index (χ3n) is 3.02. The normalized spacial score (nSPS) is 15.2. The van der Waals surface area contributed by atoms with Gasteiger partial charge in [-0.05, 0) is 52.7 Å². The number of hydrogen-bond acceptors (Lipinski definition) is 4. The van der Waals surface area contributed by atoms with E-state index in [2.05, 4.69) is 43.0 Å². The lowest BCUT2D eigenvalue weighted by Crippen LogP contribution is -2.16. The lowest BCUT2D eigenvalue weighted by atomic mass is 10.4. The minimum absolute atomic E-state index is 0.786. The monoisotopic (exact) mass is 326 g/mol. The molecule has 2 aromatic rings. The van der Waals surface area contributed by atoms with Gasteiger partial charge in [0.05, 0.1) is 18.4 Å². The Labute approximate surface area is 119 Å². The van der Waals surface area contributed by atoms with Crippen LogP contribution in [0.2, 0.25) is 0 Å². The van der Waals surface area contributed by atoms with Crippen molar-refractivity contribution in [1.29, 1.82) is 0 Å². The highest BCUT2D eigenvalue weighted by molar-refractivity contribution is 9.10. The van der Waals surface area contributed by atoms with Gasteiger partial charge in [0.25, 0.3) is 0 Å². The highest BCUT2D eigenvalue weighted by Crippen LogP contribution is 2.27. The molecule has 1 saturated carbocycles. The van der Waals surface area contributed by atoms with Gasteiger partial charge in [-0.25, -0.2) is 4.68 Å². The standard InChI is InChI=1S/C12H15BrN4S/c13-11-3-4-18-12(11)8-17-7-10(15-16-17)6-14-5-9-1-2-9/h3-4,7,9,14H,1-2,5-6,8H2. The lowest BCUT2D eigenvalue weighted by molar-refractivity contribution is 0.627. The van der Waals surface area contributed by atoms with Crippen LogP contribution in [-0.2, 0) is 13.1 Å². The van der Waals surface area contributed by atoms with Gasteiger partial charge in [-0.2, -0.15) is 0 Å². The van der Waals surface area contributed by atoms with Crippen LogP contribution in [-0.4, -0.2) is 21.5 Å². The summed E-state index contributed by atoms with van der Waals surface area (Å²) in [6.07, 6.45) is 4.78. The SMILES string of the molecule is Brc1ccsc1Cn1cc(CNCC2CC2)nn1. The van der Waals surface area contributed by atoms with Gasteiger partial charge in [0.1, 0.15) is 0 Å². The van der Waals surface area contributed by atoms with Crippen molar-refractivity contribution in [3.63, 3.8) is 0 Å². The van der Waals surface area contributed by atoms with Gasteiger partial charge < -0.3 is 5.32 Å². The Morgan fingerprint density at radius 1 is 1.50 bits per heavy atom. The van der Waals surface area contributed by atoms with Crippen molar-refractivity contribution in [1.82, 2.24) is 20.3 Å². The van der Waals surface area contributed by atoms with Crippen molar-refractivity contribution in [2.24, 2.45) is 5.92 Å². The summed E-state index contributed by atoms with van der Waals surface area (Å²) in [6.45, 7) is 2.72. The van der Waals surface area contributed by atoms with Crippen LogP contribution in [0.25, 0.3) is 0 Å². The molecule has 2 heterocycles. The third-order valence-corrected chi connectivity index (χ3v) is 4.93. The van der Waals surface area contributed by atoms with Crippen molar-refractivity contribution in [2.45, 2.75) is 25.9 Å². The molecule has 1 aliphatic rings. The molecule has 6 heteroatoms. The van der Waals surface area contributed by atoms with Crippen LogP contribution in [0.4, 0.5) is 0 Å². The van der Waals surface area contributed by atoms with Gasteiger partial charge in [0.2, 0.25) is 0 Å². The number of rotatable bonds is 6. The molecule has 1 fully saturated rings. The molecule has 2 aromatic heterocycles. The fourth-order valence-electron chi connectivity index (χ4n) is 1.81. The van der Waals surface area contributed by atoms with E-state index in [9.17, 15) is 0 Å². The molecule has 18 heavy (non-hydrogen) atoms. The summed E-state index contributed by atoms with van der Waals surface area (Å²) in [5, 5.41) is 13.8. The molecule has 3 rings (SSSR count). The van der Waals surface area contributed by atoms with Crippen molar-refractivity contribution < 1.29 is 0 Å². The second kappa shape index (κ2) is 5.50. The van der Waals surface area contributed by atoms with Gasteiger partial charge in [-0.15, -0.1) is 16.4 Å². The van der Waals surface area contributed by atoms with Gasteiger partial charge in [0.15, 0.2) is 0 Å². The molecule has 1 aliphatic carbocycles. The Morgan fingerprint density at radius 2 is 2.39 bits per heavy atom. The van der Waals surface area contributed by atoms with Crippen LogP contribution >= 0.6 is 27.3 Å². The van der Waals surface area contributed by atoms with Gasteiger partial charge >= 0.3 is 0 Å². The Morgan fingerprint density at radius 3 is 3.11 bits per heavy atom. The first kappa shape index (κ1) is 12.3. The van der Waals surface area contributed by atoms with Crippen LogP contribution < -0.4 is 5.32 Å². The Hall–Kier alpha value is -0.720. The first-order chi connectivity index (χ1) is 8.81. The fourth-order valence-corrected chi connectivity index (χ4v) is 3.28. The molecule has 0 radical (unpaired) electrons. The summed E-state index contributed by atoms with van der Waals surface area (Å²) < 4.78 is 3.04. The maximum atomic E-state index is 4.18. The average Bonchev–Trinajstić information content (AvgIpc) is 2.93. The van der Waals surface area contributed by atoms with Crippen LogP contribution in [0, 0.1) is 5.92 Å². The van der Waals surface area contributed by atoms with Gasteiger partial charge in [-0.3, -0.25) is 0 Å². The van der Waals surface area contributed by atoms with E-state index in [1.807, 2.05) is 10.9 Å². The molecule has 0 atom stereocenters. The lowest BCUT2D eigenvalue weighted by Gasteiger charge is -1.99. The highest BCUT2D eigenvalue weighted by Gasteiger charge is 2.20. The molecule has 1 N–H and O–H groups in total. The summed E-state index contributed by atoms with van der Waals surface area (Å²) in [5.74, 6) is 0.905. The Bertz CT molecular complexity index is 518. The van der Waals surface area contributed by atoms with E-state index in [0.29, 0.717) is 0 Å². The molecule has 0 aromatic carbocycles. The first-order valence-electron chi connectivity index (χ1n) is 6.13. The van der Waals surface area contributed by atoms with E-state index in [1.54, 1.807) is 11.3 Å². The molecule has 0 bridgehead atoms. The van der Waals surface area contributed by atoms with Crippen LogP contribution in [0.5, 0.6) is 0 Å². The second-order valence-electron chi connectivity index (χ2n) is 4.67. The minimum Gasteiger partial charge on any atom is -0.311 e. The van der Waals surface area contributed by atoms with Crippen molar-refractivity contribution in [2.75, 3.05) is 6.54 Å². The molecule has 0 spiro atoms. The van der Waals surface area contributed by atoms with E-state index < -0.39 is 0 Å². The molecule has 0 saturated heterocycles. The molecular weight excluding hydrogens is 312 g/mol. The summed E-state index contributed by atoms with van der Waals surface area (Å²) in [4.78, 5) is 1.28. The second-order valence-corrected chi connectivity index (χ2v) is 6.53. The van der Waals surface area contributed by atoms with Crippen LogP contribution in [0.3, 0.4) is 0 Å². The first-order valence-corrected chi connectivity index (χ1v) is 7.80. The van der Waals surface area contributed by atoms with Crippen LogP contribution in [0.15, 0.2) is 22.1 Å². The summed E-state index contributed by atoms with van der Waals surface area (Å²) in [5.41, 5.74) is 1.02. The average molecular weight is 327 g/mol. The number of nitrogens with zero attached hydrogens (tertiary/aromatic N) is 3. The van der Waals surface area contributed by atoms with Crippen molar-refractivity contribution >= 4 is 27.3 Å². The fraction of sp³-hybridized carbons (Fsp3) is 0.500. The highest BCUT2D eigenvalue weighted by atomic mass is 79.9. The quantitative estimate of drug-likeness (QED) is 0.887. The molecule has 0 amide bonds. The van der Waals surface area contributed by atoms with E-state index >= 15 is 0 Å². The number of thiophene rings is 1. The predicted molar refractivity (Wildman–Crippen MR) is 75.6 cm³/mol. The van der Waals surface area contributed by atoms with E-state index in [1.165, 1.54) is 17.7 Å². The molecule has 0 unspecified atom stereocenters. The molecule has 96 valence electrons. The molecule has 4 nitrogen and oxygen atoms in total. The number of aromatic nitrogens is 3. The van der Waals surface area contributed by atoms with Crippen molar-refractivity contribution in [3.05, 3.63) is 32.7 Å². The third kappa shape index (κ3) is 3.18. The smallest absolute Gasteiger partial charge is 0.0964 e. The maximum Gasteiger partial charge on any atom is 0.0964 e. The maximum absolute atomic E-state index is 4.18. The van der Waals surface area contributed by atoms with E-state index in [4.69, 9.17) is 0 Å². The molecule has 0 aliphatic heterocycles. The predicted octanol–water partition coefficient (Wildman–Crippen LogP) is 2.65. The summed E-state index contributed by atoms with van der Waals surface area (Å²) >= 11 is 5.26. The van der Waals surface area contributed by atoms with E-state index in [-0.39, 0.29) is 0 Å². The molecular formula is C12H15BrN4S.